The van der Waals surface area contributed by atoms with Crippen LogP contribution in [-0.2, 0) is 0 Å². The van der Waals surface area contributed by atoms with Gasteiger partial charge in [-0.1, -0.05) is 0 Å². The molecule has 0 saturated heterocycles. The summed E-state index contributed by atoms with van der Waals surface area (Å²) in [7, 11) is 0. The predicted octanol–water partition coefficient (Wildman–Crippen LogP) is -0.357. The summed E-state index contributed by atoms with van der Waals surface area (Å²) in [5, 5.41) is 31.5. The van der Waals surface area contributed by atoms with E-state index in [0.29, 0.717) is 6.08 Å². The maximum Gasteiger partial charge on any atom is 0.365 e. The Kier molecular flexibility index (Phi) is 2.68. The molecule has 1 aliphatic rings. The summed E-state index contributed by atoms with van der Waals surface area (Å²) in [4.78, 5) is 28.5. The Morgan fingerprint density at radius 1 is 1.19 bits per heavy atom. The van der Waals surface area contributed by atoms with Crippen LogP contribution < -0.4 is 5.73 Å². The van der Waals surface area contributed by atoms with E-state index < -0.39 is 38.2 Å². The molecule has 0 spiro atoms. The van der Waals surface area contributed by atoms with E-state index in [9.17, 15) is 30.3 Å². The first-order valence-electron chi connectivity index (χ1n) is 3.93. The minimum atomic E-state index is -2.41. The normalized spacial score (nSPS) is 24.3. The first-order valence-corrected chi connectivity index (χ1v) is 3.93. The molecule has 0 heterocycles. The Bertz CT molecular complexity index is 440. The number of nitrogens with two attached hydrogens (primary N) is 1. The topological polar surface area (TPSA) is 155 Å². The number of nitro groups is 3. The van der Waals surface area contributed by atoms with E-state index in [0.717, 1.165) is 6.08 Å². The van der Waals surface area contributed by atoms with Gasteiger partial charge in [-0.25, -0.2) is 0 Å². The zero-order valence-corrected chi connectivity index (χ0v) is 7.73. The van der Waals surface area contributed by atoms with Crippen LogP contribution in [0.3, 0.4) is 0 Å². The van der Waals surface area contributed by atoms with Crippen LogP contribution >= 0.6 is 0 Å². The van der Waals surface area contributed by atoms with Gasteiger partial charge in [0.15, 0.2) is 0 Å². The quantitative estimate of drug-likeness (QED) is 0.394. The smallest absolute Gasteiger partial charge is 0.262 e. The monoisotopic (exact) mass is 230 g/mol. The largest absolute Gasteiger partial charge is 0.365 e. The molecule has 2 N–H and O–H groups in total. The molecular weight excluding hydrogens is 224 g/mol. The fourth-order valence-electron chi connectivity index (χ4n) is 1.19. The highest BCUT2D eigenvalue weighted by Gasteiger charge is 2.53. The molecule has 1 rings (SSSR count). The van der Waals surface area contributed by atoms with Crippen LogP contribution in [0.15, 0.2) is 23.5 Å². The Morgan fingerprint density at radius 2 is 1.75 bits per heavy atom. The van der Waals surface area contributed by atoms with E-state index in [1.165, 1.54) is 0 Å². The Balaban J connectivity index is 3.26. The lowest BCUT2D eigenvalue weighted by Gasteiger charge is -2.17. The Hall–Kier alpha value is -2.36. The maximum absolute atomic E-state index is 10.6. The third-order valence-corrected chi connectivity index (χ3v) is 2.08. The molecule has 1 aliphatic carbocycles. The van der Waals surface area contributed by atoms with Crippen molar-refractivity contribution in [2.24, 2.45) is 5.73 Å². The van der Waals surface area contributed by atoms with Gasteiger partial charge in [-0.05, 0) is 0 Å². The summed E-state index contributed by atoms with van der Waals surface area (Å²) < 4.78 is 0. The third-order valence-electron chi connectivity index (χ3n) is 2.08. The van der Waals surface area contributed by atoms with E-state index in [2.05, 4.69) is 0 Å². The lowest BCUT2D eigenvalue weighted by Crippen LogP contribution is -2.52. The van der Waals surface area contributed by atoms with Crippen LogP contribution in [0.1, 0.15) is 6.42 Å². The molecule has 86 valence electrons. The molecule has 10 nitrogen and oxygen atoms in total. The predicted molar refractivity (Wildman–Crippen MR) is 48.7 cm³/mol. The zero-order chi connectivity index (χ0) is 12.5. The van der Waals surface area contributed by atoms with Crippen LogP contribution in [0.2, 0.25) is 0 Å². The first-order chi connectivity index (χ1) is 7.29. The van der Waals surface area contributed by atoms with Gasteiger partial charge in [0, 0.05) is 6.08 Å². The van der Waals surface area contributed by atoms with Crippen molar-refractivity contribution in [2.45, 2.75) is 12.1 Å². The SMILES string of the molecule is NC1([N+](=O)[O-])CC=C([N+](=O)[O-])C=C1[N+](=O)[O-]. The van der Waals surface area contributed by atoms with Crippen molar-refractivity contribution in [1.82, 2.24) is 0 Å². The lowest BCUT2D eigenvalue weighted by molar-refractivity contribution is -0.596. The van der Waals surface area contributed by atoms with E-state index in [1.807, 2.05) is 0 Å². The van der Waals surface area contributed by atoms with Gasteiger partial charge in [0.05, 0.1) is 27.3 Å². The van der Waals surface area contributed by atoms with Crippen LogP contribution in [0, 0.1) is 30.3 Å². The molecule has 10 heteroatoms. The number of nitrogens with zero attached hydrogens (tertiary/aromatic N) is 3. The van der Waals surface area contributed by atoms with Gasteiger partial charge in [-0.15, -0.1) is 0 Å². The highest BCUT2D eigenvalue weighted by atomic mass is 16.7. The molecule has 0 saturated carbocycles. The van der Waals surface area contributed by atoms with Crippen LogP contribution in [0.4, 0.5) is 0 Å². The molecular formula is C6H6N4O6. The molecule has 0 radical (unpaired) electrons. The number of allylic oxidation sites excluding steroid dienone is 1. The standard InChI is InChI=1S/C6H6N4O6/c7-6(10(15)16)2-1-4(8(11)12)3-5(6)9(13)14/h1,3H,2,7H2. The summed E-state index contributed by atoms with van der Waals surface area (Å²) in [6.07, 6.45) is 0.797. The van der Waals surface area contributed by atoms with Crippen LogP contribution in [0.5, 0.6) is 0 Å². The van der Waals surface area contributed by atoms with Gasteiger partial charge < -0.3 is 0 Å². The second kappa shape index (κ2) is 3.66. The van der Waals surface area contributed by atoms with Crippen molar-refractivity contribution in [3.8, 4) is 0 Å². The van der Waals surface area contributed by atoms with Crippen molar-refractivity contribution in [3.05, 3.63) is 53.9 Å². The van der Waals surface area contributed by atoms with Crippen LogP contribution in [-0.4, -0.2) is 20.4 Å². The van der Waals surface area contributed by atoms with Crippen LogP contribution in [0.25, 0.3) is 0 Å². The zero-order valence-electron chi connectivity index (χ0n) is 7.73. The van der Waals surface area contributed by atoms with Gasteiger partial charge in [0.25, 0.3) is 5.70 Å². The number of hydrogen-bond acceptors (Lipinski definition) is 7. The molecule has 0 fully saturated rings. The van der Waals surface area contributed by atoms with Gasteiger partial charge in [0.1, 0.15) is 0 Å². The fourth-order valence-corrected chi connectivity index (χ4v) is 1.19. The van der Waals surface area contributed by atoms with Gasteiger partial charge in [-0.3, -0.25) is 36.1 Å². The van der Waals surface area contributed by atoms with Gasteiger partial charge >= 0.3 is 11.4 Å². The minimum Gasteiger partial charge on any atom is -0.262 e. The third kappa shape index (κ3) is 1.72. The summed E-state index contributed by atoms with van der Waals surface area (Å²) >= 11 is 0. The Labute approximate surface area is 87.5 Å². The number of rotatable bonds is 3. The molecule has 0 aromatic heterocycles. The van der Waals surface area contributed by atoms with Crippen molar-refractivity contribution in [2.75, 3.05) is 0 Å². The Morgan fingerprint density at radius 3 is 2.12 bits per heavy atom. The van der Waals surface area contributed by atoms with Crippen molar-refractivity contribution in [1.29, 1.82) is 0 Å². The second-order valence-corrected chi connectivity index (χ2v) is 3.06. The van der Waals surface area contributed by atoms with E-state index in [-0.39, 0.29) is 0 Å². The molecule has 0 aromatic carbocycles. The second-order valence-electron chi connectivity index (χ2n) is 3.06. The van der Waals surface area contributed by atoms with Gasteiger partial charge in [0.2, 0.25) is 0 Å². The highest BCUT2D eigenvalue weighted by molar-refractivity contribution is 5.25. The first kappa shape index (κ1) is 11.7. The highest BCUT2D eigenvalue weighted by Crippen LogP contribution is 2.27. The lowest BCUT2D eigenvalue weighted by atomic mass is 9.97. The van der Waals surface area contributed by atoms with E-state index in [4.69, 9.17) is 5.73 Å². The van der Waals surface area contributed by atoms with Gasteiger partial charge in [-0.2, -0.15) is 0 Å². The summed E-state index contributed by atoms with van der Waals surface area (Å²) in [6, 6.07) is 0. The van der Waals surface area contributed by atoms with Crippen molar-refractivity contribution < 1.29 is 14.8 Å². The van der Waals surface area contributed by atoms with E-state index in [1.54, 1.807) is 0 Å². The molecule has 0 amide bonds. The molecule has 1 atom stereocenters. The fraction of sp³-hybridized carbons (Fsp3) is 0.333. The summed E-state index contributed by atoms with van der Waals surface area (Å²) in [5.74, 6) is 0. The number of hydrogen-bond donors (Lipinski definition) is 1. The molecule has 1 unspecified atom stereocenters. The van der Waals surface area contributed by atoms with E-state index >= 15 is 0 Å². The summed E-state index contributed by atoms with van der Waals surface area (Å²) in [6.45, 7) is 0. The average Bonchev–Trinajstić information content (AvgIpc) is 2.17. The minimum absolute atomic E-state index is 0.506. The molecule has 0 bridgehead atoms. The average molecular weight is 230 g/mol. The maximum atomic E-state index is 10.6. The molecule has 0 aromatic rings. The summed E-state index contributed by atoms with van der Waals surface area (Å²) in [5.41, 5.74) is 1.25. The van der Waals surface area contributed by atoms with Crippen molar-refractivity contribution >= 4 is 0 Å². The molecule has 16 heavy (non-hydrogen) atoms. The van der Waals surface area contributed by atoms with Crippen molar-refractivity contribution in [3.63, 3.8) is 0 Å². The molecule has 0 aliphatic heterocycles.